The van der Waals surface area contributed by atoms with Crippen molar-refractivity contribution in [1.82, 2.24) is 4.90 Å². The molecular weight excluding hydrogens is 392 g/mol. The zero-order valence-electron chi connectivity index (χ0n) is 17.5. The van der Waals surface area contributed by atoms with E-state index in [1.54, 1.807) is 25.0 Å². The third-order valence-corrected chi connectivity index (χ3v) is 5.79. The number of fused-ring (bicyclic) bond motifs is 1. The van der Waals surface area contributed by atoms with Gasteiger partial charge < -0.3 is 14.2 Å². The topological polar surface area (TPSA) is 77.4 Å². The minimum absolute atomic E-state index is 0.0910. The van der Waals surface area contributed by atoms with Crippen molar-refractivity contribution >= 4 is 28.8 Å². The number of nitrogens with zero attached hydrogens (tertiary/aromatic N) is 2. The largest absolute Gasteiger partial charge is 0.493 e. The molecule has 156 valence electrons. The standard InChI is InChI=1S/C21H26N2O5S/c1-11(2)10-28-15-8-7-14(9-16(15)26-5)18-17(20(25)27-6)12(3)22-21-23(18)19(24)13(4)29-21/h7-9,11,13,18H,10H2,1-6H3. The first-order chi connectivity index (χ1) is 13.8. The van der Waals surface area contributed by atoms with Gasteiger partial charge in [-0.3, -0.25) is 9.69 Å². The lowest BCUT2D eigenvalue weighted by molar-refractivity contribution is -0.137. The van der Waals surface area contributed by atoms with E-state index >= 15 is 0 Å². The first kappa shape index (κ1) is 21.2. The lowest BCUT2D eigenvalue weighted by Gasteiger charge is -2.33. The lowest BCUT2D eigenvalue weighted by Crippen LogP contribution is -2.40. The van der Waals surface area contributed by atoms with Gasteiger partial charge in [-0.15, -0.1) is 0 Å². The molecule has 3 rings (SSSR count). The second-order valence-corrected chi connectivity index (χ2v) is 8.68. The summed E-state index contributed by atoms with van der Waals surface area (Å²) < 4.78 is 16.4. The van der Waals surface area contributed by atoms with Gasteiger partial charge in [0.05, 0.1) is 43.4 Å². The number of methoxy groups -OCH3 is 2. The van der Waals surface area contributed by atoms with Crippen LogP contribution in [0.5, 0.6) is 11.5 Å². The second kappa shape index (κ2) is 8.49. The monoisotopic (exact) mass is 418 g/mol. The van der Waals surface area contributed by atoms with Gasteiger partial charge in [-0.25, -0.2) is 9.79 Å². The molecule has 0 N–H and O–H groups in total. The Morgan fingerprint density at radius 3 is 2.62 bits per heavy atom. The van der Waals surface area contributed by atoms with Crippen LogP contribution in [0, 0.1) is 5.92 Å². The van der Waals surface area contributed by atoms with E-state index in [9.17, 15) is 9.59 Å². The minimum Gasteiger partial charge on any atom is -0.493 e. The van der Waals surface area contributed by atoms with Crippen LogP contribution < -0.4 is 9.47 Å². The second-order valence-electron chi connectivity index (χ2n) is 7.37. The summed E-state index contributed by atoms with van der Waals surface area (Å²) in [4.78, 5) is 31.5. The van der Waals surface area contributed by atoms with E-state index in [0.717, 1.165) is 5.56 Å². The quantitative estimate of drug-likeness (QED) is 0.658. The van der Waals surface area contributed by atoms with Gasteiger partial charge in [-0.05, 0) is 37.5 Å². The van der Waals surface area contributed by atoms with E-state index in [1.807, 2.05) is 19.1 Å². The van der Waals surface area contributed by atoms with Gasteiger partial charge in [0.15, 0.2) is 16.7 Å². The highest BCUT2D eigenvalue weighted by atomic mass is 32.2. The Bertz CT molecular complexity index is 893. The summed E-state index contributed by atoms with van der Waals surface area (Å²) in [6.07, 6.45) is 0. The highest BCUT2D eigenvalue weighted by Gasteiger charge is 2.46. The molecule has 0 bridgehead atoms. The van der Waals surface area contributed by atoms with E-state index in [0.29, 0.717) is 40.5 Å². The van der Waals surface area contributed by atoms with Gasteiger partial charge in [0.1, 0.15) is 0 Å². The van der Waals surface area contributed by atoms with Crippen LogP contribution in [0.25, 0.3) is 0 Å². The van der Waals surface area contributed by atoms with Crippen LogP contribution in [-0.4, -0.2) is 48.0 Å². The van der Waals surface area contributed by atoms with Gasteiger partial charge in [0, 0.05) is 0 Å². The van der Waals surface area contributed by atoms with Crippen LogP contribution in [0.3, 0.4) is 0 Å². The number of hydrogen-bond acceptors (Lipinski definition) is 7. The molecule has 1 aromatic rings. The van der Waals surface area contributed by atoms with Crippen LogP contribution in [0.4, 0.5) is 0 Å². The minimum atomic E-state index is -0.632. The predicted molar refractivity (Wildman–Crippen MR) is 112 cm³/mol. The molecule has 1 aromatic carbocycles. The van der Waals surface area contributed by atoms with Gasteiger partial charge in [0.25, 0.3) is 0 Å². The third kappa shape index (κ3) is 3.99. The van der Waals surface area contributed by atoms with Crippen molar-refractivity contribution in [2.45, 2.75) is 39.0 Å². The maximum atomic E-state index is 12.9. The number of ether oxygens (including phenoxy) is 3. The number of amidine groups is 1. The van der Waals surface area contributed by atoms with Crippen LogP contribution in [0.15, 0.2) is 34.5 Å². The fraction of sp³-hybridized carbons (Fsp3) is 0.476. The van der Waals surface area contributed by atoms with E-state index in [-0.39, 0.29) is 11.2 Å². The molecule has 0 saturated carbocycles. The smallest absolute Gasteiger partial charge is 0.338 e. The number of carbonyl (C=O) groups is 2. The molecule has 1 saturated heterocycles. The van der Waals surface area contributed by atoms with Crippen LogP contribution >= 0.6 is 11.8 Å². The Morgan fingerprint density at radius 2 is 2.00 bits per heavy atom. The SMILES string of the molecule is COC(=O)C1=C(C)N=C2SC(C)C(=O)N2C1c1ccc(OCC(C)C)c(OC)c1. The summed E-state index contributed by atoms with van der Waals surface area (Å²) in [5.74, 6) is 0.930. The van der Waals surface area contributed by atoms with Crippen molar-refractivity contribution in [2.75, 3.05) is 20.8 Å². The average molecular weight is 419 g/mol. The van der Waals surface area contributed by atoms with Crippen molar-refractivity contribution < 1.29 is 23.8 Å². The van der Waals surface area contributed by atoms with Crippen molar-refractivity contribution in [3.8, 4) is 11.5 Å². The third-order valence-electron chi connectivity index (χ3n) is 4.74. The Hall–Kier alpha value is -2.48. The number of thioether (sulfide) groups is 1. The summed E-state index contributed by atoms with van der Waals surface area (Å²) >= 11 is 1.39. The molecular formula is C21H26N2O5S. The molecule has 2 heterocycles. The molecule has 0 aliphatic carbocycles. The number of amides is 1. The molecule has 2 atom stereocenters. The van der Waals surface area contributed by atoms with Gasteiger partial charge in [0.2, 0.25) is 5.91 Å². The number of aliphatic imine (C=N–C) groups is 1. The number of carbonyl (C=O) groups excluding carboxylic acids is 2. The van der Waals surface area contributed by atoms with Crippen molar-refractivity contribution in [3.05, 3.63) is 35.0 Å². The Labute approximate surface area is 175 Å². The highest BCUT2D eigenvalue weighted by Crippen LogP contribution is 2.44. The van der Waals surface area contributed by atoms with E-state index < -0.39 is 12.0 Å². The summed E-state index contributed by atoms with van der Waals surface area (Å²) in [6, 6.07) is 4.83. The Balaban J connectivity index is 2.09. The molecule has 0 radical (unpaired) electrons. The molecule has 29 heavy (non-hydrogen) atoms. The fourth-order valence-corrected chi connectivity index (χ4v) is 4.35. The summed E-state index contributed by atoms with van der Waals surface area (Å²) in [5, 5.41) is 0.327. The van der Waals surface area contributed by atoms with E-state index in [1.165, 1.54) is 18.9 Å². The van der Waals surface area contributed by atoms with Gasteiger partial charge in [-0.2, -0.15) is 0 Å². The number of hydrogen-bond donors (Lipinski definition) is 0. The Morgan fingerprint density at radius 1 is 1.28 bits per heavy atom. The molecule has 2 aliphatic heterocycles. The predicted octanol–water partition coefficient (Wildman–Crippen LogP) is 3.55. The van der Waals surface area contributed by atoms with Crippen LogP contribution in [0.1, 0.15) is 39.3 Å². The maximum absolute atomic E-state index is 12.9. The number of esters is 1. The van der Waals surface area contributed by atoms with Crippen LogP contribution in [0.2, 0.25) is 0 Å². The van der Waals surface area contributed by atoms with Crippen molar-refractivity contribution in [1.29, 1.82) is 0 Å². The maximum Gasteiger partial charge on any atom is 0.338 e. The molecule has 2 aliphatic rings. The van der Waals surface area contributed by atoms with E-state index in [2.05, 4.69) is 18.8 Å². The van der Waals surface area contributed by atoms with Gasteiger partial charge >= 0.3 is 5.97 Å². The van der Waals surface area contributed by atoms with E-state index in [4.69, 9.17) is 14.2 Å². The van der Waals surface area contributed by atoms with Crippen LogP contribution in [-0.2, 0) is 14.3 Å². The molecule has 0 aromatic heterocycles. The molecule has 2 unspecified atom stereocenters. The lowest BCUT2D eigenvalue weighted by atomic mass is 9.94. The first-order valence-corrected chi connectivity index (χ1v) is 10.3. The molecule has 1 amide bonds. The molecule has 7 nitrogen and oxygen atoms in total. The highest BCUT2D eigenvalue weighted by molar-refractivity contribution is 8.15. The first-order valence-electron chi connectivity index (χ1n) is 9.46. The Kier molecular flexibility index (Phi) is 6.21. The number of benzene rings is 1. The molecule has 0 spiro atoms. The summed E-state index contributed by atoms with van der Waals surface area (Å²) in [6.45, 7) is 8.28. The zero-order chi connectivity index (χ0) is 21.3. The average Bonchev–Trinajstić information content (AvgIpc) is 2.97. The number of allylic oxidation sites excluding steroid dienone is 1. The fourth-order valence-electron chi connectivity index (χ4n) is 3.32. The zero-order valence-corrected chi connectivity index (χ0v) is 18.3. The van der Waals surface area contributed by atoms with Gasteiger partial charge in [-0.1, -0.05) is 31.7 Å². The summed E-state index contributed by atoms with van der Waals surface area (Å²) in [5.41, 5.74) is 1.62. The van der Waals surface area contributed by atoms with Crippen molar-refractivity contribution in [3.63, 3.8) is 0 Å². The molecule has 1 fully saturated rings. The summed E-state index contributed by atoms with van der Waals surface area (Å²) in [7, 11) is 2.89. The molecule has 8 heteroatoms. The normalized spacial score (nSPS) is 21.3. The number of rotatable bonds is 6. The van der Waals surface area contributed by atoms with Crippen molar-refractivity contribution in [2.24, 2.45) is 10.9 Å².